The van der Waals surface area contributed by atoms with Crippen LogP contribution in [0, 0.1) is 0 Å². The summed E-state index contributed by atoms with van der Waals surface area (Å²) in [7, 11) is 2.39. The molecule has 3 nitrogen and oxygen atoms in total. The molecule has 0 aromatic carbocycles. The van der Waals surface area contributed by atoms with E-state index in [0.29, 0.717) is 13.2 Å². The molecule has 0 aliphatic rings. The predicted molar refractivity (Wildman–Crippen MR) is 202 cm³/mol. The monoisotopic (exact) mass is 639 g/mol. The molecule has 0 amide bonds. The van der Waals surface area contributed by atoms with Crippen LogP contribution in [0.4, 0.5) is 0 Å². The number of rotatable bonds is 39. The SMILES string of the molecule is CCCCCCCCCCCCCCCCCC[N+](C)(CCCCCCCCCCCCCCCCCC)CC(O)COCC. The van der Waals surface area contributed by atoms with Gasteiger partial charge in [0.15, 0.2) is 0 Å². The van der Waals surface area contributed by atoms with Gasteiger partial charge in [0.05, 0.1) is 26.7 Å². The van der Waals surface area contributed by atoms with Crippen molar-refractivity contribution in [1.29, 1.82) is 0 Å². The molecular weight excluding hydrogens is 550 g/mol. The molecule has 1 N–H and O–H groups in total. The van der Waals surface area contributed by atoms with Gasteiger partial charge in [0.1, 0.15) is 12.6 Å². The Morgan fingerprint density at radius 2 is 0.644 bits per heavy atom. The second-order valence-electron chi connectivity index (χ2n) is 15.2. The molecule has 45 heavy (non-hydrogen) atoms. The molecule has 0 radical (unpaired) electrons. The Morgan fingerprint density at radius 3 is 0.889 bits per heavy atom. The molecule has 0 saturated heterocycles. The Morgan fingerprint density at radius 1 is 0.400 bits per heavy atom. The van der Waals surface area contributed by atoms with Gasteiger partial charge in [-0.25, -0.2) is 0 Å². The molecule has 0 fully saturated rings. The lowest BCUT2D eigenvalue weighted by Gasteiger charge is -2.36. The Balaban J connectivity index is 3.86. The highest BCUT2D eigenvalue weighted by atomic mass is 16.5. The number of hydrogen-bond donors (Lipinski definition) is 1. The van der Waals surface area contributed by atoms with E-state index in [1.807, 2.05) is 6.92 Å². The van der Waals surface area contributed by atoms with E-state index in [1.54, 1.807) is 0 Å². The Hall–Kier alpha value is -0.120. The molecule has 0 bridgehead atoms. The first-order chi connectivity index (χ1) is 22.1. The van der Waals surface area contributed by atoms with E-state index in [1.165, 1.54) is 219 Å². The van der Waals surface area contributed by atoms with Crippen molar-refractivity contribution in [3.8, 4) is 0 Å². The van der Waals surface area contributed by atoms with Crippen molar-refractivity contribution in [3.63, 3.8) is 0 Å². The highest BCUT2D eigenvalue weighted by molar-refractivity contribution is 4.57. The van der Waals surface area contributed by atoms with Crippen LogP contribution in [0.25, 0.3) is 0 Å². The second-order valence-corrected chi connectivity index (χ2v) is 15.2. The van der Waals surface area contributed by atoms with Crippen molar-refractivity contribution < 1.29 is 14.3 Å². The van der Waals surface area contributed by atoms with Crippen molar-refractivity contribution in [2.75, 3.05) is 39.9 Å². The summed E-state index contributed by atoms with van der Waals surface area (Å²) in [6.07, 6.45) is 45.2. The van der Waals surface area contributed by atoms with Gasteiger partial charge in [-0.05, 0) is 32.6 Å². The topological polar surface area (TPSA) is 29.5 Å². The summed E-state index contributed by atoms with van der Waals surface area (Å²) in [5.74, 6) is 0. The van der Waals surface area contributed by atoms with Gasteiger partial charge in [0.2, 0.25) is 0 Å². The fourth-order valence-corrected chi connectivity index (χ4v) is 7.19. The van der Waals surface area contributed by atoms with Gasteiger partial charge in [-0.2, -0.15) is 0 Å². The van der Waals surface area contributed by atoms with E-state index in [2.05, 4.69) is 20.9 Å². The van der Waals surface area contributed by atoms with E-state index in [0.717, 1.165) is 11.0 Å². The fourth-order valence-electron chi connectivity index (χ4n) is 7.19. The number of unbranched alkanes of at least 4 members (excludes halogenated alkanes) is 30. The van der Waals surface area contributed by atoms with Crippen LogP contribution < -0.4 is 0 Å². The Kier molecular flexibility index (Phi) is 36.6. The molecule has 0 aromatic heterocycles. The standard InChI is InChI=1S/C42H88NO2/c1-5-8-10-12-14-16-18-20-22-24-26-28-30-32-34-36-38-43(4,40-42(44)41-45-7-3)39-37-35-33-31-29-27-25-23-21-19-17-15-13-11-9-6-2/h42,44H,5-41H2,1-4H3/q+1. The maximum Gasteiger partial charge on any atom is 0.126 e. The minimum absolute atomic E-state index is 0.336. The van der Waals surface area contributed by atoms with E-state index < -0.39 is 0 Å². The van der Waals surface area contributed by atoms with E-state index in [9.17, 15) is 5.11 Å². The van der Waals surface area contributed by atoms with Crippen LogP contribution in [0.5, 0.6) is 0 Å². The zero-order valence-electron chi connectivity index (χ0n) is 32.0. The van der Waals surface area contributed by atoms with E-state index in [-0.39, 0.29) is 6.10 Å². The molecule has 1 atom stereocenters. The van der Waals surface area contributed by atoms with Gasteiger partial charge in [0.25, 0.3) is 0 Å². The van der Waals surface area contributed by atoms with Gasteiger partial charge >= 0.3 is 0 Å². The summed E-state index contributed by atoms with van der Waals surface area (Å²) in [6, 6.07) is 0. The summed E-state index contributed by atoms with van der Waals surface area (Å²) in [6.45, 7) is 11.1. The van der Waals surface area contributed by atoms with Crippen LogP contribution >= 0.6 is 0 Å². The molecule has 0 spiro atoms. The highest BCUT2D eigenvalue weighted by Gasteiger charge is 2.25. The smallest absolute Gasteiger partial charge is 0.126 e. The Bertz CT molecular complexity index is 503. The molecule has 0 aliphatic heterocycles. The lowest BCUT2D eigenvalue weighted by Crippen LogP contribution is -2.51. The van der Waals surface area contributed by atoms with Gasteiger partial charge in [-0.3, -0.25) is 0 Å². The molecule has 0 saturated carbocycles. The van der Waals surface area contributed by atoms with E-state index >= 15 is 0 Å². The van der Waals surface area contributed by atoms with Crippen molar-refractivity contribution >= 4 is 0 Å². The summed E-state index contributed by atoms with van der Waals surface area (Å²) in [5, 5.41) is 10.6. The first kappa shape index (κ1) is 44.9. The molecule has 0 rings (SSSR count). The largest absolute Gasteiger partial charge is 0.385 e. The number of ether oxygens (including phenoxy) is 1. The highest BCUT2D eigenvalue weighted by Crippen LogP contribution is 2.18. The van der Waals surface area contributed by atoms with Crippen molar-refractivity contribution in [2.45, 2.75) is 232 Å². The average Bonchev–Trinajstić information content (AvgIpc) is 3.03. The van der Waals surface area contributed by atoms with Gasteiger partial charge in [-0.15, -0.1) is 0 Å². The van der Waals surface area contributed by atoms with Crippen molar-refractivity contribution in [2.24, 2.45) is 0 Å². The number of nitrogens with zero attached hydrogens (tertiary/aromatic N) is 1. The summed E-state index contributed by atoms with van der Waals surface area (Å²) in [5.41, 5.74) is 0. The quantitative estimate of drug-likeness (QED) is 0.0536. The van der Waals surface area contributed by atoms with Crippen LogP contribution in [-0.4, -0.2) is 55.6 Å². The van der Waals surface area contributed by atoms with Crippen LogP contribution in [-0.2, 0) is 4.74 Å². The lowest BCUT2D eigenvalue weighted by atomic mass is 10.0. The van der Waals surface area contributed by atoms with Gasteiger partial charge < -0.3 is 14.3 Å². The van der Waals surface area contributed by atoms with Crippen LogP contribution in [0.1, 0.15) is 226 Å². The molecular formula is C42H88NO2+. The van der Waals surface area contributed by atoms with E-state index in [4.69, 9.17) is 4.74 Å². The maximum absolute atomic E-state index is 10.6. The minimum Gasteiger partial charge on any atom is -0.385 e. The number of likely N-dealkylation sites (N-methyl/N-ethyl adjacent to an activating group) is 1. The summed E-state index contributed by atoms with van der Waals surface area (Å²) < 4.78 is 6.57. The third-order valence-corrected chi connectivity index (χ3v) is 10.3. The molecule has 0 aliphatic carbocycles. The molecule has 272 valence electrons. The van der Waals surface area contributed by atoms with Gasteiger partial charge in [0, 0.05) is 6.61 Å². The zero-order valence-corrected chi connectivity index (χ0v) is 32.0. The lowest BCUT2D eigenvalue weighted by molar-refractivity contribution is -0.913. The molecule has 0 heterocycles. The number of aliphatic hydroxyl groups is 1. The zero-order chi connectivity index (χ0) is 32.9. The summed E-state index contributed by atoms with van der Waals surface area (Å²) in [4.78, 5) is 0. The van der Waals surface area contributed by atoms with Crippen LogP contribution in [0.15, 0.2) is 0 Å². The Labute approximate surface area is 286 Å². The van der Waals surface area contributed by atoms with Crippen LogP contribution in [0.3, 0.4) is 0 Å². The number of aliphatic hydroxyl groups excluding tert-OH is 1. The number of hydrogen-bond acceptors (Lipinski definition) is 2. The minimum atomic E-state index is -0.336. The first-order valence-electron chi connectivity index (χ1n) is 21.2. The van der Waals surface area contributed by atoms with Crippen molar-refractivity contribution in [1.82, 2.24) is 0 Å². The molecule has 3 heteroatoms. The maximum atomic E-state index is 10.6. The third kappa shape index (κ3) is 35.0. The molecule has 1 unspecified atom stereocenters. The van der Waals surface area contributed by atoms with Gasteiger partial charge in [-0.1, -0.05) is 194 Å². The van der Waals surface area contributed by atoms with Crippen LogP contribution in [0.2, 0.25) is 0 Å². The number of quaternary nitrogens is 1. The second kappa shape index (κ2) is 36.7. The average molecular weight is 639 g/mol. The predicted octanol–water partition coefficient (Wildman–Crippen LogP) is 13.4. The first-order valence-corrected chi connectivity index (χ1v) is 21.2. The fraction of sp³-hybridized carbons (Fsp3) is 1.00. The normalized spacial score (nSPS) is 12.7. The summed E-state index contributed by atoms with van der Waals surface area (Å²) >= 11 is 0. The molecule has 0 aromatic rings. The third-order valence-electron chi connectivity index (χ3n) is 10.3. The van der Waals surface area contributed by atoms with Crippen molar-refractivity contribution in [3.05, 3.63) is 0 Å².